The van der Waals surface area contributed by atoms with E-state index in [-0.39, 0.29) is 12.1 Å². The Kier molecular flexibility index (Phi) is 5.54. The van der Waals surface area contributed by atoms with Crippen LogP contribution in [0, 0.1) is 13.8 Å². The van der Waals surface area contributed by atoms with Crippen molar-refractivity contribution >= 4 is 11.7 Å². The minimum absolute atomic E-state index is 0.132. The number of nitrogens with one attached hydrogen (secondary N) is 2. The molecule has 0 saturated heterocycles. The van der Waals surface area contributed by atoms with E-state index in [1.54, 1.807) is 0 Å². The molecule has 0 aliphatic heterocycles. The summed E-state index contributed by atoms with van der Waals surface area (Å²) >= 11 is 0. The topological polar surface area (TPSA) is 80.0 Å². The molecule has 0 aliphatic carbocycles. The lowest BCUT2D eigenvalue weighted by atomic mass is 10.1. The lowest BCUT2D eigenvalue weighted by Crippen LogP contribution is -2.35. The first kappa shape index (κ1) is 18.6. The number of aromatic nitrogens is 2. The quantitative estimate of drug-likeness (QED) is 0.672. The fraction of sp³-hybridized carbons (Fsp3) is 0.286. The number of rotatable bonds is 5. The average Bonchev–Trinajstić information content (AvgIpc) is 3.12. The zero-order chi connectivity index (χ0) is 19.4. The fourth-order valence-electron chi connectivity index (χ4n) is 2.70. The first-order valence-electron chi connectivity index (χ1n) is 9.05. The molecule has 140 valence electrons. The fourth-order valence-corrected chi connectivity index (χ4v) is 2.70. The molecule has 0 spiro atoms. The van der Waals surface area contributed by atoms with E-state index in [2.05, 4.69) is 33.8 Å². The van der Waals surface area contributed by atoms with Gasteiger partial charge in [-0.3, -0.25) is 0 Å². The molecule has 1 atom stereocenters. The van der Waals surface area contributed by atoms with Crippen molar-refractivity contribution in [3.8, 4) is 22.8 Å². The van der Waals surface area contributed by atoms with E-state index in [4.69, 9.17) is 4.52 Å². The second kappa shape index (κ2) is 8.03. The molecule has 2 amide bonds. The molecule has 1 aromatic heterocycles. The van der Waals surface area contributed by atoms with Gasteiger partial charge in [-0.05, 0) is 63.1 Å². The Balaban J connectivity index is 1.72. The number of aryl methyl sites for hydroxylation is 2. The molecule has 0 fully saturated rings. The lowest BCUT2D eigenvalue weighted by Gasteiger charge is -2.12. The maximum atomic E-state index is 11.9. The van der Waals surface area contributed by atoms with Crippen molar-refractivity contribution in [2.24, 2.45) is 0 Å². The summed E-state index contributed by atoms with van der Waals surface area (Å²) in [5.41, 5.74) is 4.74. The smallest absolute Gasteiger partial charge is 0.319 e. The van der Waals surface area contributed by atoms with Crippen LogP contribution < -0.4 is 10.6 Å². The Hall–Kier alpha value is -3.15. The molecule has 3 rings (SSSR count). The second-order valence-corrected chi connectivity index (χ2v) is 6.73. The monoisotopic (exact) mass is 364 g/mol. The minimum Gasteiger partial charge on any atom is -0.335 e. The first-order valence-corrected chi connectivity index (χ1v) is 9.05. The number of hydrogen-bond acceptors (Lipinski definition) is 4. The Morgan fingerprint density at radius 1 is 1.15 bits per heavy atom. The van der Waals surface area contributed by atoms with Crippen LogP contribution in [0.5, 0.6) is 0 Å². The maximum Gasteiger partial charge on any atom is 0.319 e. The predicted molar refractivity (Wildman–Crippen MR) is 107 cm³/mol. The number of urea groups is 1. The van der Waals surface area contributed by atoms with E-state index in [1.807, 2.05) is 57.2 Å². The number of amides is 2. The standard InChI is InChI=1S/C21H24N4O2/c1-5-15(4)22-21(26)23-17-9-7-16(8-10-17)19-24-20(27-25-19)18-11-6-13(2)12-14(18)3/h6-12,15H,5H2,1-4H3,(H2,22,23,26). The third-order valence-electron chi connectivity index (χ3n) is 4.43. The Morgan fingerprint density at radius 3 is 2.56 bits per heavy atom. The number of benzene rings is 2. The molecular formula is C21H24N4O2. The highest BCUT2D eigenvalue weighted by Gasteiger charge is 2.13. The van der Waals surface area contributed by atoms with E-state index < -0.39 is 0 Å². The Morgan fingerprint density at radius 2 is 1.89 bits per heavy atom. The van der Waals surface area contributed by atoms with Crippen LogP contribution >= 0.6 is 0 Å². The van der Waals surface area contributed by atoms with Crippen molar-refractivity contribution in [3.05, 3.63) is 53.6 Å². The molecule has 0 saturated carbocycles. The number of hydrogen-bond donors (Lipinski definition) is 2. The molecule has 6 heteroatoms. The van der Waals surface area contributed by atoms with Crippen LogP contribution in [-0.4, -0.2) is 22.2 Å². The largest absolute Gasteiger partial charge is 0.335 e. The van der Waals surface area contributed by atoms with Gasteiger partial charge < -0.3 is 15.2 Å². The lowest BCUT2D eigenvalue weighted by molar-refractivity contribution is 0.249. The third-order valence-corrected chi connectivity index (χ3v) is 4.43. The maximum absolute atomic E-state index is 11.9. The molecule has 2 N–H and O–H groups in total. The van der Waals surface area contributed by atoms with Gasteiger partial charge in [0.15, 0.2) is 0 Å². The highest BCUT2D eigenvalue weighted by Crippen LogP contribution is 2.26. The Bertz CT molecular complexity index is 932. The second-order valence-electron chi connectivity index (χ2n) is 6.73. The van der Waals surface area contributed by atoms with Crippen LogP contribution in [-0.2, 0) is 0 Å². The average molecular weight is 364 g/mol. The summed E-state index contributed by atoms with van der Waals surface area (Å²) in [6.45, 7) is 8.06. The summed E-state index contributed by atoms with van der Waals surface area (Å²) in [7, 11) is 0. The summed E-state index contributed by atoms with van der Waals surface area (Å²) in [4.78, 5) is 16.4. The number of anilines is 1. The van der Waals surface area contributed by atoms with Crippen molar-refractivity contribution in [3.63, 3.8) is 0 Å². The van der Waals surface area contributed by atoms with Crippen LogP contribution in [0.2, 0.25) is 0 Å². The number of nitrogens with zero attached hydrogens (tertiary/aromatic N) is 2. The molecule has 6 nitrogen and oxygen atoms in total. The van der Waals surface area contributed by atoms with Gasteiger partial charge in [0, 0.05) is 22.9 Å². The molecule has 0 aliphatic rings. The van der Waals surface area contributed by atoms with Crippen LogP contribution in [0.1, 0.15) is 31.4 Å². The van der Waals surface area contributed by atoms with Crippen LogP contribution in [0.4, 0.5) is 10.5 Å². The van der Waals surface area contributed by atoms with E-state index >= 15 is 0 Å². The molecule has 3 aromatic rings. The SMILES string of the molecule is CCC(C)NC(=O)Nc1ccc(-c2noc(-c3ccc(C)cc3C)n2)cc1. The zero-order valence-corrected chi connectivity index (χ0v) is 16.0. The van der Waals surface area contributed by atoms with Crippen LogP contribution in [0.3, 0.4) is 0 Å². The van der Waals surface area contributed by atoms with Gasteiger partial charge in [-0.1, -0.05) is 29.8 Å². The Labute approximate surface area is 159 Å². The molecule has 1 unspecified atom stereocenters. The first-order chi connectivity index (χ1) is 13.0. The van der Waals surface area contributed by atoms with Gasteiger partial charge >= 0.3 is 6.03 Å². The summed E-state index contributed by atoms with van der Waals surface area (Å²) in [5.74, 6) is 1.01. The highest BCUT2D eigenvalue weighted by molar-refractivity contribution is 5.89. The number of carbonyl (C=O) groups is 1. The van der Waals surface area contributed by atoms with Crippen molar-refractivity contribution in [2.75, 3.05) is 5.32 Å². The minimum atomic E-state index is -0.214. The van der Waals surface area contributed by atoms with E-state index in [0.29, 0.717) is 17.4 Å². The summed E-state index contributed by atoms with van der Waals surface area (Å²) < 4.78 is 5.44. The third kappa shape index (κ3) is 4.53. The molecular weight excluding hydrogens is 340 g/mol. The van der Waals surface area contributed by atoms with Crippen molar-refractivity contribution in [2.45, 2.75) is 40.2 Å². The van der Waals surface area contributed by atoms with Gasteiger partial charge in [-0.15, -0.1) is 0 Å². The van der Waals surface area contributed by atoms with Crippen molar-refractivity contribution in [1.82, 2.24) is 15.5 Å². The van der Waals surface area contributed by atoms with E-state index in [0.717, 1.165) is 23.1 Å². The predicted octanol–water partition coefficient (Wildman–Crippen LogP) is 4.94. The molecule has 0 radical (unpaired) electrons. The summed E-state index contributed by atoms with van der Waals surface area (Å²) in [6.07, 6.45) is 0.882. The number of carbonyl (C=O) groups excluding carboxylic acids is 1. The van der Waals surface area contributed by atoms with Gasteiger partial charge in [-0.2, -0.15) is 4.98 Å². The zero-order valence-electron chi connectivity index (χ0n) is 16.0. The van der Waals surface area contributed by atoms with Gasteiger partial charge in [-0.25, -0.2) is 4.79 Å². The van der Waals surface area contributed by atoms with E-state index in [1.165, 1.54) is 5.56 Å². The molecule has 0 bridgehead atoms. The van der Waals surface area contributed by atoms with Gasteiger partial charge in [0.05, 0.1) is 0 Å². The molecule has 1 heterocycles. The highest BCUT2D eigenvalue weighted by atomic mass is 16.5. The molecule has 2 aromatic carbocycles. The van der Waals surface area contributed by atoms with Crippen molar-refractivity contribution in [1.29, 1.82) is 0 Å². The summed E-state index contributed by atoms with van der Waals surface area (Å²) in [6, 6.07) is 13.4. The van der Waals surface area contributed by atoms with Gasteiger partial charge in [0.1, 0.15) is 0 Å². The van der Waals surface area contributed by atoms with Gasteiger partial charge in [0.25, 0.3) is 5.89 Å². The van der Waals surface area contributed by atoms with Crippen molar-refractivity contribution < 1.29 is 9.32 Å². The normalized spacial score (nSPS) is 11.9. The van der Waals surface area contributed by atoms with Crippen LogP contribution in [0.15, 0.2) is 47.0 Å². The summed E-state index contributed by atoms with van der Waals surface area (Å²) in [5, 5.41) is 9.76. The van der Waals surface area contributed by atoms with E-state index in [9.17, 15) is 4.79 Å². The van der Waals surface area contributed by atoms with Gasteiger partial charge in [0.2, 0.25) is 5.82 Å². The molecule has 27 heavy (non-hydrogen) atoms. The van der Waals surface area contributed by atoms with Crippen LogP contribution in [0.25, 0.3) is 22.8 Å².